The minimum Gasteiger partial charge on any atom is -0.286 e. The normalized spacial score (nSPS) is 12.0. The van der Waals surface area contributed by atoms with Gasteiger partial charge in [0.25, 0.3) is 0 Å². The quantitative estimate of drug-likeness (QED) is 0.502. The Morgan fingerprint density at radius 1 is 1.43 bits per heavy atom. The first-order valence-corrected chi connectivity index (χ1v) is 1.58. The van der Waals surface area contributed by atoms with Gasteiger partial charge in [-0.25, -0.2) is 0 Å². The molecule has 0 amide bonds. The second-order valence-corrected chi connectivity index (χ2v) is 0.799. The summed E-state index contributed by atoms with van der Waals surface area (Å²) < 4.78 is 35.5. The first kappa shape index (κ1) is 6.75. The van der Waals surface area contributed by atoms with E-state index in [0.717, 1.165) is 6.92 Å². The maximum absolute atomic E-state index is 10.8. The van der Waals surface area contributed by atoms with Crippen LogP contribution in [-0.4, -0.2) is 6.36 Å². The van der Waals surface area contributed by atoms with Gasteiger partial charge in [0.15, 0.2) is 0 Å². The van der Waals surface area contributed by atoms with E-state index in [1.807, 2.05) is 0 Å². The van der Waals surface area contributed by atoms with Gasteiger partial charge in [-0.15, -0.1) is 13.2 Å². The largest absolute Gasteiger partial charge is 0.522 e. The summed E-state index contributed by atoms with van der Waals surface area (Å²) in [6.45, 7) is 1.74. The van der Waals surface area contributed by atoms with Crippen LogP contribution in [0.1, 0.15) is 6.92 Å². The van der Waals surface area contributed by atoms with Crippen molar-refractivity contribution in [3.63, 3.8) is 0 Å². The van der Waals surface area contributed by atoms with E-state index in [-0.39, 0.29) is 0 Å². The van der Waals surface area contributed by atoms with E-state index in [2.05, 4.69) is 4.74 Å². The molecule has 0 aromatic rings. The van der Waals surface area contributed by atoms with Crippen LogP contribution < -0.4 is 0 Å². The zero-order chi connectivity index (χ0) is 5.91. The van der Waals surface area contributed by atoms with Crippen molar-refractivity contribution in [1.82, 2.24) is 0 Å². The lowest BCUT2D eigenvalue weighted by atomic mass is 10.9. The monoisotopic (exact) mass is 113 g/mol. The third-order valence-corrected chi connectivity index (χ3v) is 0.251. The molecular formula is C3H4F3O. The van der Waals surface area contributed by atoms with E-state index >= 15 is 0 Å². The van der Waals surface area contributed by atoms with Gasteiger partial charge < -0.3 is 0 Å². The first-order chi connectivity index (χ1) is 3.06. The van der Waals surface area contributed by atoms with Crippen LogP contribution in [0, 0.1) is 6.61 Å². The molecule has 0 fully saturated rings. The van der Waals surface area contributed by atoms with Gasteiger partial charge in [0, 0.05) is 0 Å². The Kier molecular flexibility index (Phi) is 2.08. The summed E-state index contributed by atoms with van der Waals surface area (Å²) >= 11 is 0. The number of alkyl halides is 3. The average Bonchev–Trinajstić information content (AvgIpc) is 1.30. The standard InChI is InChI=1S/C3H4F3O/c1-2-7-3(4,5)6/h2H,1H3. The van der Waals surface area contributed by atoms with Crippen molar-refractivity contribution >= 4 is 0 Å². The molecule has 0 rings (SSSR count). The molecule has 0 aromatic carbocycles. The lowest BCUT2D eigenvalue weighted by Gasteiger charge is -2.00. The molecule has 43 valence electrons. The van der Waals surface area contributed by atoms with Crippen LogP contribution in [0.4, 0.5) is 13.2 Å². The first-order valence-electron chi connectivity index (χ1n) is 1.58. The van der Waals surface area contributed by atoms with Gasteiger partial charge in [-0.1, -0.05) is 0 Å². The fourth-order valence-electron chi connectivity index (χ4n) is 0.134. The number of ether oxygens (including phenoxy) is 1. The van der Waals surface area contributed by atoms with Crippen molar-refractivity contribution in [2.45, 2.75) is 13.3 Å². The molecule has 0 aliphatic rings. The minimum atomic E-state index is -4.51. The molecule has 1 nitrogen and oxygen atoms in total. The third-order valence-electron chi connectivity index (χ3n) is 0.251. The zero-order valence-electron chi connectivity index (χ0n) is 3.62. The smallest absolute Gasteiger partial charge is 0.286 e. The molecule has 0 aliphatic carbocycles. The number of hydrogen-bond acceptors (Lipinski definition) is 1. The Labute approximate surface area is 39.1 Å². The minimum absolute atomic E-state index is 0.583. The van der Waals surface area contributed by atoms with Crippen LogP contribution in [-0.2, 0) is 4.74 Å². The Hall–Kier alpha value is -0.250. The van der Waals surface area contributed by atoms with Crippen LogP contribution in [0.25, 0.3) is 0 Å². The van der Waals surface area contributed by atoms with Gasteiger partial charge in [0.2, 0.25) is 0 Å². The molecule has 0 unspecified atom stereocenters. The van der Waals surface area contributed by atoms with Crippen LogP contribution in [0.5, 0.6) is 0 Å². The molecule has 0 aliphatic heterocycles. The predicted octanol–water partition coefficient (Wildman–Crippen LogP) is 1.70. The van der Waals surface area contributed by atoms with E-state index in [1.165, 1.54) is 0 Å². The summed E-state index contributed by atoms with van der Waals surface area (Å²) in [5.41, 5.74) is 0. The SMILES string of the molecule is C[CH]OC(F)(F)F. The number of halogens is 3. The summed E-state index contributed by atoms with van der Waals surface area (Å²) in [6.07, 6.45) is -4.51. The lowest BCUT2D eigenvalue weighted by Crippen LogP contribution is -2.09. The van der Waals surface area contributed by atoms with Gasteiger partial charge in [0.05, 0.1) is 6.61 Å². The molecule has 0 aromatic heterocycles. The summed E-state index contributed by atoms with van der Waals surface area (Å²) in [5.74, 6) is 0. The molecule has 4 heteroatoms. The predicted molar refractivity (Wildman–Crippen MR) is 17.1 cm³/mol. The Bertz CT molecular complexity index is 48.6. The maximum atomic E-state index is 10.8. The van der Waals surface area contributed by atoms with Crippen LogP contribution in [0.15, 0.2) is 0 Å². The highest BCUT2D eigenvalue weighted by molar-refractivity contribution is 4.35. The molecule has 0 saturated carbocycles. The van der Waals surface area contributed by atoms with Crippen molar-refractivity contribution in [3.05, 3.63) is 6.61 Å². The molecule has 0 N–H and O–H groups in total. The molecule has 0 bridgehead atoms. The average molecular weight is 113 g/mol. The molecule has 0 saturated heterocycles. The second kappa shape index (κ2) is 2.16. The van der Waals surface area contributed by atoms with Gasteiger partial charge in [-0.2, -0.15) is 0 Å². The van der Waals surface area contributed by atoms with Crippen molar-refractivity contribution in [1.29, 1.82) is 0 Å². The van der Waals surface area contributed by atoms with E-state index in [0.29, 0.717) is 6.61 Å². The Morgan fingerprint density at radius 3 is 1.86 bits per heavy atom. The molecule has 1 radical (unpaired) electrons. The van der Waals surface area contributed by atoms with Crippen molar-refractivity contribution < 1.29 is 17.9 Å². The van der Waals surface area contributed by atoms with Gasteiger partial charge in [-0.05, 0) is 6.92 Å². The Balaban J connectivity index is 3.15. The number of hydrogen-bond donors (Lipinski definition) is 0. The van der Waals surface area contributed by atoms with Crippen molar-refractivity contribution in [3.8, 4) is 0 Å². The summed E-state index contributed by atoms with van der Waals surface area (Å²) in [5, 5.41) is 0. The van der Waals surface area contributed by atoms with E-state index in [1.54, 1.807) is 0 Å². The van der Waals surface area contributed by atoms with Gasteiger partial charge >= 0.3 is 6.36 Å². The third kappa shape index (κ3) is 5.75. The fraction of sp³-hybridized carbons (Fsp3) is 0.667. The van der Waals surface area contributed by atoms with Crippen LogP contribution in [0.2, 0.25) is 0 Å². The fourth-order valence-corrected chi connectivity index (χ4v) is 0.134. The highest BCUT2D eigenvalue weighted by Gasteiger charge is 2.27. The van der Waals surface area contributed by atoms with Crippen LogP contribution >= 0.6 is 0 Å². The van der Waals surface area contributed by atoms with Crippen molar-refractivity contribution in [2.75, 3.05) is 0 Å². The van der Waals surface area contributed by atoms with Crippen molar-refractivity contribution in [2.24, 2.45) is 0 Å². The maximum Gasteiger partial charge on any atom is 0.522 e. The zero-order valence-corrected chi connectivity index (χ0v) is 3.62. The molecule has 0 heterocycles. The second-order valence-electron chi connectivity index (χ2n) is 0.799. The molecular weight excluding hydrogens is 109 g/mol. The molecule has 7 heavy (non-hydrogen) atoms. The number of rotatable bonds is 1. The summed E-state index contributed by atoms with van der Waals surface area (Å²) in [6, 6.07) is 0. The highest BCUT2D eigenvalue weighted by atomic mass is 19.4. The van der Waals surface area contributed by atoms with Gasteiger partial charge in [0.1, 0.15) is 0 Å². The summed E-state index contributed by atoms with van der Waals surface area (Å²) in [4.78, 5) is 0. The van der Waals surface area contributed by atoms with E-state index < -0.39 is 6.36 Å². The topological polar surface area (TPSA) is 9.23 Å². The highest BCUT2D eigenvalue weighted by Crippen LogP contribution is 2.16. The van der Waals surface area contributed by atoms with E-state index in [4.69, 9.17) is 0 Å². The van der Waals surface area contributed by atoms with Gasteiger partial charge in [-0.3, -0.25) is 4.74 Å². The molecule has 0 spiro atoms. The lowest BCUT2D eigenvalue weighted by molar-refractivity contribution is -0.308. The summed E-state index contributed by atoms with van der Waals surface area (Å²) in [7, 11) is 0. The molecule has 0 atom stereocenters. The van der Waals surface area contributed by atoms with Crippen LogP contribution in [0.3, 0.4) is 0 Å². The van der Waals surface area contributed by atoms with E-state index in [9.17, 15) is 13.2 Å². The Morgan fingerprint density at radius 2 is 1.86 bits per heavy atom.